The maximum Gasteiger partial charge on any atom is 0.137 e. The average Bonchev–Trinajstić information content (AvgIpc) is 3.71. The zero-order valence-corrected chi connectivity index (χ0v) is 25.2. The summed E-state index contributed by atoms with van der Waals surface area (Å²) < 4.78 is 2.35. The Kier molecular flexibility index (Phi) is 4.81. The Bertz CT molecular complexity index is 2460. The van der Waals surface area contributed by atoms with Crippen LogP contribution in [0.3, 0.4) is 0 Å². The quantitative estimate of drug-likeness (QED) is 0.195. The molecule has 6 aromatic carbocycles. The van der Waals surface area contributed by atoms with Crippen LogP contribution in [-0.2, 0) is 5.41 Å². The van der Waals surface area contributed by atoms with Gasteiger partial charge in [-0.3, -0.25) is 4.57 Å². The first-order valence-electron chi connectivity index (χ1n) is 15.6. The third kappa shape index (κ3) is 3.18. The van der Waals surface area contributed by atoms with Crippen molar-refractivity contribution in [2.24, 2.45) is 0 Å². The van der Waals surface area contributed by atoms with E-state index in [1.165, 1.54) is 77.5 Å². The molecule has 1 atom stereocenters. The molecule has 2 aromatic heterocycles. The molecule has 0 saturated carbocycles. The maximum absolute atomic E-state index is 4.83. The summed E-state index contributed by atoms with van der Waals surface area (Å²) in [5.74, 6) is 0.941. The molecule has 3 heterocycles. The van der Waals surface area contributed by atoms with Crippen LogP contribution in [0.2, 0.25) is 0 Å². The summed E-state index contributed by atoms with van der Waals surface area (Å²) in [6.45, 7) is 3.25. The second-order valence-corrected chi connectivity index (χ2v) is 12.7. The molecule has 2 aliphatic rings. The highest BCUT2D eigenvalue weighted by molar-refractivity contribution is 6.24. The SMILES string of the molecule is CN1CN(c2ccc3c(c2)[C@](C)(c2cc4ccc5cccc6c5c4c(c2)n6-c2ccccn2)c2ccccc2-3)c2ccccc21. The number of aromatic nitrogens is 2. The molecule has 8 aromatic rings. The molecule has 0 unspecified atom stereocenters. The number of anilines is 3. The maximum atomic E-state index is 4.83. The highest BCUT2D eigenvalue weighted by Gasteiger charge is 2.42. The van der Waals surface area contributed by atoms with Crippen LogP contribution in [0.5, 0.6) is 0 Å². The normalized spacial score (nSPS) is 17.0. The van der Waals surface area contributed by atoms with Gasteiger partial charge in [-0.2, -0.15) is 0 Å². The van der Waals surface area contributed by atoms with Crippen molar-refractivity contribution in [3.8, 4) is 16.9 Å². The number of benzene rings is 6. The fourth-order valence-electron chi connectivity index (χ4n) is 8.27. The van der Waals surface area contributed by atoms with Crippen molar-refractivity contribution in [2.75, 3.05) is 23.5 Å². The molecule has 1 aliphatic carbocycles. The molecule has 0 fully saturated rings. The Morgan fingerprint density at radius 3 is 2.29 bits per heavy atom. The number of hydrogen-bond donors (Lipinski definition) is 0. The van der Waals surface area contributed by atoms with Gasteiger partial charge in [0.15, 0.2) is 0 Å². The summed E-state index contributed by atoms with van der Waals surface area (Å²) in [7, 11) is 2.17. The lowest BCUT2D eigenvalue weighted by molar-refractivity contribution is 0.715. The number of nitrogens with zero attached hydrogens (tertiary/aromatic N) is 4. The van der Waals surface area contributed by atoms with E-state index in [0.29, 0.717) is 0 Å². The zero-order valence-electron chi connectivity index (χ0n) is 25.2. The molecule has 0 amide bonds. The molecule has 10 rings (SSSR count). The van der Waals surface area contributed by atoms with Crippen LogP contribution >= 0.6 is 0 Å². The van der Waals surface area contributed by atoms with E-state index in [0.717, 1.165) is 12.5 Å². The lowest BCUT2D eigenvalue weighted by atomic mass is 9.73. The first kappa shape index (κ1) is 24.8. The van der Waals surface area contributed by atoms with Crippen LogP contribution in [0.25, 0.3) is 49.5 Å². The van der Waals surface area contributed by atoms with Crippen molar-refractivity contribution >= 4 is 49.6 Å². The summed E-state index contributed by atoms with van der Waals surface area (Å²) in [5.41, 5.74) is 12.4. The summed E-state index contributed by atoms with van der Waals surface area (Å²) in [6.07, 6.45) is 1.89. The molecular weight excluding hydrogens is 548 g/mol. The Hall–Kier alpha value is -5.61. The molecule has 4 nitrogen and oxygen atoms in total. The Morgan fingerprint density at radius 2 is 1.40 bits per heavy atom. The van der Waals surface area contributed by atoms with Gasteiger partial charge >= 0.3 is 0 Å². The Morgan fingerprint density at radius 1 is 0.622 bits per heavy atom. The third-order valence-corrected chi connectivity index (χ3v) is 10.4. The molecule has 1 aliphatic heterocycles. The fourth-order valence-corrected chi connectivity index (χ4v) is 8.27. The Labute approximate surface area is 261 Å². The predicted molar refractivity (Wildman–Crippen MR) is 187 cm³/mol. The minimum absolute atomic E-state index is 0.350. The Balaban J connectivity index is 1.26. The minimum Gasteiger partial charge on any atom is -0.355 e. The van der Waals surface area contributed by atoms with Crippen LogP contribution in [-0.4, -0.2) is 23.3 Å². The van der Waals surface area contributed by atoms with Gasteiger partial charge in [0.05, 0.1) is 29.1 Å². The topological polar surface area (TPSA) is 24.3 Å². The number of para-hydroxylation sites is 2. The largest absolute Gasteiger partial charge is 0.355 e. The minimum atomic E-state index is -0.350. The number of rotatable bonds is 3. The number of fused-ring (bicyclic) bond motifs is 4. The molecule has 0 spiro atoms. The molecule has 0 bridgehead atoms. The van der Waals surface area contributed by atoms with Gasteiger partial charge in [0.2, 0.25) is 0 Å². The van der Waals surface area contributed by atoms with E-state index in [9.17, 15) is 0 Å². The summed E-state index contributed by atoms with van der Waals surface area (Å²) in [4.78, 5) is 9.60. The van der Waals surface area contributed by atoms with Gasteiger partial charge in [0.25, 0.3) is 0 Å². The molecule has 0 N–H and O–H groups in total. The van der Waals surface area contributed by atoms with Crippen molar-refractivity contribution in [1.82, 2.24) is 9.55 Å². The van der Waals surface area contributed by atoms with Crippen LogP contribution in [0.4, 0.5) is 17.1 Å². The average molecular weight is 579 g/mol. The van der Waals surface area contributed by atoms with Crippen LogP contribution in [0, 0.1) is 0 Å². The van der Waals surface area contributed by atoms with Gasteiger partial charge in [-0.25, -0.2) is 4.98 Å². The molecule has 4 heteroatoms. The lowest BCUT2D eigenvalue weighted by Crippen LogP contribution is -2.25. The van der Waals surface area contributed by atoms with Crippen LogP contribution < -0.4 is 9.80 Å². The highest BCUT2D eigenvalue weighted by atomic mass is 15.4. The van der Waals surface area contributed by atoms with E-state index in [1.54, 1.807) is 0 Å². The van der Waals surface area contributed by atoms with E-state index in [4.69, 9.17) is 4.98 Å². The highest BCUT2D eigenvalue weighted by Crippen LogP contribution is 2.55. The van der Waals surface area contributed by atoms with Gasteiger partial charge in [-0.05, 0) is 100 Å². The third-order valence-electron chi connectivity index (χ3n) is 10.4. The molecular formula is C41H30N4. The van der Waals surface area contributed by atoms with E-state index in [1.807, 2.05) is 12.3 Å². The summed E-state index contributed by atoms with van der Waals surface area (Å²) >= 11 is 0. The van der Waals surface area contributed by atoms with Crippen molar-refractivity contribution in [1.29, 1.82) is 0 Å². The van der Waals surface area contributed by atoms with E-state index >= 15 is 0 Å². The fraction of sp³-hybridized carbons (Fsp3) is 0.0976. The van der Waals surface area contributed by atoms with E-state index in [-0.39, 0.29) is 5.41 Å². The standard InChI is InChI=1S/C41H30N4/c1-41(28-22-27-18-17-26-10-9-15-36-39(26)40(27)37(23-28)45(36)38-16-7-8-21-42-38)32-12-4-3-11-30(32)31-20-19-29(24-33(31)41)44-25-43(2)34-13-5-6-14-35(34)44/h3-24H,25H2,1-2H3/t41-/m1/s1. The van der Waals surface area contributed by atoms with Crippen molar-refractivity contribution in [3.63, 3.8) is 0 Å². The van der Waals surface area contributed by atoms with Crippen molar-refractivity contribution in [2.45, 2.75) is 12.3 Å². The lowest BCUT2D eigenvalue weighted by Gasteiger charge is -2.30. The summed E-state index contributed by atoms with van der Waals surface area (Å²) in [5, 5.41) is 5.13. The second kappa shape index (κ2) is 8.73. The van der Waals surface area contributed by atoms with Gasteiger partial charge in [0, 0.05) is 35.1 Å². The van der Waals surface area contributed by atoms with E-state index in [2.05, 4.69) is 150 Å². The van der Waals surface area contributed by atoms with Crippen LogP contribution in [0.15, 0.2) is 134 Å². The van der Waals surface area contributed by atoms with Gasteiger partial charge in [0.1, 0.15) is 5.82 Å². The van der Waals surface area contributed by atoms with Crippen LogP contribution in [0.1, 0.15) is 23.6 Å². The first-order chi connectivity index (χ1) is 22.1. The molecule has 0 radical (unpaired) electrons. The molecule has 214 valence electrons. The van der Waals surface area contributed by atoms with Crippen molar-refractivity contribution in [3.05, 3.63) is 150 Å². The van der Waals surface area contributed by atoms with Gasteiger partial charge < -0.3 is 9.80 Å². The van der Waals surface area contributed by atoms with Gasteiger partial charge in [-0.1, -0.05) is 72.8 Å². The molecule has 0 saturated heterocycles. The van der Waals surface area contributed by atoms with Crippen molar-refractivity contribution < 1.29 is 0 Å². The summed E-state index contributed by atoms with van der Waals surface area (Å²) in [6, 6.07) is 47.0. The van der Waals surface area contributed by atoms with E-state index < -0.39 is 0 Å². The van der Waals surface area contributed by atoms with Gasteiger partial charge in [-0.15, -0.1) is 0 Å². The number of hydrogen-bond acceptors (Lipinski definition) is 3. The molecule has 45 heavy (non-hydrogen) atoms. The monoisotopic (exact) mass is 578 g/mol. The smallest absolute Gasteiger partial charge is 0.137 e. The number of pyridine rings is 1. The predicted octanol–water partition coefficient (Wildman–Crippen LogP) is 9.65. The second-order valence-electron chi connectivity index (χ2n) is 12.7. The zero-order chi connectivity index (χ0) is 29.9. The first-order valence-corrected chi connectivity index (χ1v) is 15.6.